The van der Waals surface area contributed by atoms with Crippen LogP contribution in [0.5, 0.6) is 0 Å². The molecule has 0 bridgehead atoms. The first-order valence-corrected chi connectivity index (χ1v) is 4.32. The third-order valence-corrected chi connectivity index (χ3v) is 1.99. The molecule has 0 fully saturated rings. The lowest BCUT2D eigenvalue weighted by molar-refractivity contribution is 0.281. The zero-order chi connectivity index (χ0) is 9.84. The molecule has 0 aliphatic heterocycles. The normalized spacial score (nSPS) is 10.1. The van der Waals surface area contributed by atoms with Crippen LogP contribution in [0.15, 0.2) is 18.2 Å². The van der Waals surface area contributed by atoms with Crippen LogP contribution < -0.4 is 0 Å². The molecule has 0 radical (unpaired) electrons. The summed E-state index contributed by atoms with van der Waals surface area (Å²) in [4.78, 5) is 0. The Kier molecular flexibility index (Phi) is 3.05. The van der Waals surface area contributed by atoms with Crippen molar-refractivity contribution >= 4 is 0 Å². The maximum absolute atomic E-state index is 8.95. The van der Waals surface area contributed by atoms with Gasteiger partial charge in [-0.15, -0.1) is 0 Å². The number of hydrogen-bond donors (Lipinski definition) is 1. The van der Waals surface area contributed by atoms with Gasteiger partial charge in [-0.05, 0) is 29.2 Å². The Hall–Kier alpha value is -1.33. The predicted molar refractivity (Wildman–Crippen MR) is 51.2 cm³/mol. The van der Waals surface area contributed by atoms with Crippen molar-refractivity contribution in [3.05, 3.63) is 34.9 Å². The molecule has 0 aliphatic rings. The summed E-state index contributed by atoms with van der Waals surface area (Å²) in [6, 6.07) is 7.60. The number of benzene rings is 1. The Bertz CT molecular complexity index is 336. The molecule has 1 aromatic carbocycles. The van der Waals surface area contributed by atoms with Crippen molar-refractivity contribution in [3.63, 3.8) is 0 Å². The summed E-state index contributed by atoms with van der Waals surface area (Å²) in [5, 5.41) is 17.7. The van der Waals surface area contributed by atoms with Crippen LogP contribution >= 0.6 is 0 Å². The highest BCUT2D eigenvalue weighted by molar-refractivity contribution is 5.38. The van der Waals surface area contributed by atoms with E-state index in [1.807, 2.05) is 12.1 Å². The maximum Gasteiger partial charge on any atom is 0.0991 e. The van der Waals surface area contributed by atoms with E-state index in [-0.39, 0.29) is 6.61 Å². The third-order valence-electron chi connectivity index (χ3n) is 1.99. The first-order valence-electron chi connectivity index (χ1n) is 4.32. The fourth-order valence-electron chi connectivity index (χ4n) is 1.21. The van der Waals surface area contributed by atoms with Crippen molar-refractivity contribution in [1.29, 1.82) is 5.26 Å². The molecule has 0 saturated heterocycles. The summed E-state index contributed by atoms with van der Waals surface area (Å²) < 4.78 is 0. The summed E-state index contributed by atoms with van der Waals surface area (Å²) in [5.41, 5.74) is 2.53. The van der Waals surface area contributed by atoms with E-state index < -0.39 is 0 Å². The molecule has 0 spiro atoms. The molecule has 1 aromatic rings. The highest BCUT2D eigenvalue weighted by Crippen LogP contribution is 2.18. The smallest absolute Gasteiger partial charge is 0.0991 e. The van der Waals surface area contributed by atoms with Crippen LogP contribution in [-0.2, 0) is 6.61 Å². The first kappa shape index (κ1) is 9.76. The monoisotopic (exact) mass is 175 g/mol. The van der Waals surface area contributed by atoms with Crippen LogP contribution in [0.2, 0.25) is 0 Å². The highest BCUT2D eigenvalue weighted by Gasteiger charge is 2.03. The number of nitriles is 1. The van der Waals surface area contributed by atoms with Gasteiger partial charge in [0, 0.05) is 0 Å². The Morgan fingerprint density at radius 1 is 1.38 bits per heavy atom. The van der Waals surface area contributed by atoms with Gasteiger partial charge in [0.25, 0.3) is 0 Å². The van der Waals surface area contributed by atoms with Gasteiger partial charge >= 0.3 is 0 Å². The topological polar surface area (TPSA) is 44.0 Å². The molecule has 0 aliphatic carbocycles. The molecule has 0 saturated carbocycles. The van der Waals surface area contributed by atoms with Crippen molar-refractivity contribution in [2.24, 2.45) is 0 Å². The van der Waals surface area contributed by atoms with Crippen molar-refractivity contribution in [2.45, 2.75) is 26.4 Å². The number of nitrogens with zero attached hydrogens (tertiary/aromatic N) is 1. The van der Waals surface area contributed by atoms with Crippen LogP contribution in [0.3, 0.4) is 0 Å². The van der Waals surface area contributed by atoms with E-state index in [1.54, 1.807) is 6.07 Å². The van der Waals surface area contributed by atoms with Gasteiger partial charge < -0.3 is 5.11 Å². The standard InChI is InChI=1S/C11H13NO/c1-8(2)11-4-9(6-12)3-10(5-11)7-13/h3-5,8,13H,7H2,1-2H3. The quantitative estimate of drug-likeness (QED) is 0.748. The molecule has 0 atom stereocenters. The van der Waals surface area contributed by atoms with Crippen molar-refractivity contribution in [1.82, 2.24) is 0 Å². The van der Waals surface area contributed by atoms with E-state index in [0.717, 1.165) is 11.1 Å². The molecule has 0 unspecified atom stereocenters. The molecular weight excluding hydrogens is 162 g/mol. The van der Waals surface area contributed by atoms with Crippen molar-refractivity contribution in [2.75, 3.05) is 0 Å². The minimum atomic E-state index is -0.00472. The van der Waals surface area contributed by atoms with E-state index in [2.05, 4.69) is 19.9 Å². The number of rotatable bonds is 2. The van der Waals surface area contributed by atoms with Crippen LogP contribution in [0, 0.1) is 11.3 Å². The average molecular weight is 175 g/mol. The maximum atomic E-state index is 8.95. The first-order chi connectivity index (χ1) is 6.17. The van der Waals surface area contributed by atoms with Gasteiger partial charge in [0.05, 0.1) is 18.2 Å². The minimum absolute atomic E-state index is 0.00472. The average Bonchev–Trinajstić information content (AvgIpc) is 2.16. The second-order valence-electron chi connectivity index (χ2n) is 3.39. The minimum Gasteiger partial charge on any atom is -0.392 e. The molecule has 1 rings (SSSR count). The molecule has 13 heavy (non-hydrogen) atoms. The van der Waals surface area contributed by atoms with Gasteiger partial charge in [-0.3, -0.25) is 0 Å². The largest absolute Gasteiger partial charge is 0.392 e. The van der Waals surface area contributed by atoms with Gasteiger partial charge in [-0.1, -0.05) is 19.9 Å². The number of aliphatic hydroxyl groups excluding tert-OH is 1. The lowest BCUT2D eigenvalue weighted by Gasteiger charge is -2.07. The fourth-order valence-corrected chi connectivity index (χ4v) is 1.21. The lowest BCUT2D eigenvalue weighted by Crippen LogP contribution is -1.93. The van der Waals surface area contributed by atoms with Crippen LogP contribution in [0.25, 0.3) is 0 Å². The molecule has 1 N–H and O–H groups in total. The Morgan fingerprint density at radius 3 is 2.54 bits per heavy atom. The highest BCUT2D eigenvalue weighted by atomic mass is 16.3. The SMILES string of the molecule is CC(C)c1cc(C#N)cc(CO)c1. The summed E-state index contributed by atoms with van der Waals surface area (Å²) in [6.07, 6.45) is 0. The summed E-state index contributed by atoms with van der Waals surface area (Å²) in [5.74, 6) is 0.388. The number of hydrogen-bond acceptors (Lipinski definition) is 2. The van der Waals surface area contributed by atoms with Gasteiger partial charge in [0.2, 0.25) is 0 Å². The van der Waals surface area contributed by atoms with Crippen molar-refractivity contribution in [3.8, 4) is 6.07 Å². The second kappa shape index (κ2) is 4.06. The Labute approximate surface area is 78.4 Å². The van der Waals surface area contributed by atoms with Crippen molar-refractivity contribution < 1.29 is 5.11 Å². The summed E-state index contributed by atoms with van der Waals surface area (Å²) in [7, 11) is 0. The molecule has 2 heteroatoms. The molecule has 68 valence electrons. The summed E-state index contributed by atoms with van der Waals surface area (Å²) in [6.45, 7) is 4.13. The molecule has 0 amide bonds. The van der Waals surface area contributed by atoms with Gasteiger partial charge in [0.15, 0.2) is 0 Å². The zero-order valence-electron chi connectivity index (χ0n) is 7.91. The van der Waals surface area contributed by atoms with Crippen LogP contribution in [0.4, 0.5) is 0 Å². The Morgan fingerprint density at radius 2 is 2.08 bits per heavy atom. The third kappa shape index (κ3) is 2.30. The van der Waals surface area contributed by atoms with E-state index in [1.165, 1.54) is 0 Å². The molecule has 0 aromatic heterocycles. The van der Waals surface area contributed by atoms with Crippen LogP contribution in [-0.4, -0.2) is 5.11 Å². The second-order valence-corrected chi connectivity index (χ2v) is 3.39. The van der Waals surface area contributed by atoms with Gasteiger partial charge in [0.1, 0.15) is 0 Å². The molecular formula is C11H13NO. The zero-order valence-corrected chi connectivity index (χ0v) is 7.91. The Balaban J connectivity index is 3.17. The molecule has 2 nitrogen and oxygen atoms in total. The fraction of sp³-hybridized carbons (Fsp3) is 0.364. The van der Waals surface area contributed by atoms with E-state index in [9.17, 15) is 0 Å². The number of aliphatic hydroxyl groups is 1. The lowest BCUT2D eigenvalue weighted by atomic mass is 9.98. The van der Waals surface area contributed by atoms with Crippen LogP contribution in [0.1, 0.15) is 36.5 Å². The van der Waals surface area contributed by atoms with Gasteiger partial charge in [-0.25, -0.2) is 0 Å². The van der Waals surface area contributed by atoms with E-state index >= 15 is 0 Å². The predicted octanol–water partition coefficient (Wildman–Crippen LogP) is 2.17. The summed E-state index contributed by atoms with van der Waals surface area (Å²) >= 11 is 0. The molecule has 0 heterocycles. The van der Waals surface area contributed by atoms with E-state index in [4.69, 9.17) is 10.4 Å². The van der Waals surface area contributed by atoms with Gasteiger partial charge in [-0.2, -0.15) is 5.26 Å². The van der Waals surface area contributed by atoms with E-state index in [0.29, 0.717) is 11.5 Å².